The highest BCUT2D eigenvalue weighted by molar-refractivity contribution is 6.27. The van der Waals surface area contributed by atoms with Gasteiger partial charge in [-0.3, -0.25) is 4.79 Å². The van der Waals surface area contributed by atoms with Gasteiger partial charge in [0.15, 0.2) is 0 Å². The van der Waals surface area contributed by atoms with Crippen LogP contribution in [0, 0.1) is 11.8 Å². The average Bonchev–Trinajstić information content (AvgIpc) is 2.91. The number of likely N-dealkylation sites (tertiary alicyclic amines) is 1. The number of benzene rings is 2. The van der Waals surface area contributed by atoms with Gasteiger partial charge in [-0.25, -0.2) is 9.59 Å². The first-order valence-corrected chi connectivity index (χ1v) is 12.9. The Morgan fingerprint density at radius 2 is 1.59 bits per heavy atom. The van der Waals surface area contributed by atoms with Crippen LogP contribution in [0.5, 0.6) is 5.75 Å². The minimum absolute atomic E-state index is 0.141. The number of carbonyl (C=O) groups excluding carboxylic acids is 1. The van der Waals surface area contributed by atoms with Crippen molar-refractivity contribution in [3.8, 4) is 5.75 Å². The number of nitrogens with zero attached hydrogens (tertiary/aromatic N) is 2. The maximum Gasteiger partial charge on any atom is 0.414 e. The predicted molar refractivity (Wildman–Crippen MR) is 141 cm³/mol. The number of hydrogen-bond acceptors (Lipinski definition) is 5. The Hall–Kier alpha value is -3.39. The summed E-state index contributed by atoms with van der Waals surface area (Å²) in [5.41, 5.74) is 3.95. The molecule has 4 rings (SSSR count). The van der Waals surface area contributed by atoms with E-state index in [1.807, 2.05) is 6.07 Å². The van der Waals surface area contributed by atoms with E-state index >= 15 is 0 Å². The lowest BCUT2D eigenvalue weighted by Crippen LogP contribution is -2.47. The number of aliphatic carboxylic acids is 2. The van der Waals surface area contributed by atoms with Crippen LogP contribution < -0.4 is 4.74 Å². The van der Waals surface area contributed by atoms with Gasteiger partial charge in [-0.2, -0.15) is 0 Å². The standard InChI is InChI=1S/C27H36N2O2.C2H2O4/c1-20(2)26-24-10-7-11-25(31-3)23(24)15-19-29(26)27(30)22-13-17-28(18-14-22)16-12-21-8-5-4-6-9-21;3-1(4)2(5)6/h4-11,20,22,26H,12-19H2,1-3H3;(H,3,4)(H,5,6). The summed E-state index contributed by atoms with van der Waals surface area (Å²) in [4.78, 5) is 36.5. The van der Waals surface area contributed by atoms with Gasteiger partial charge < -0.3 is 24.7 Å². The van der Waals surface area contributed by atoms with Crippen molar-refractivity contribution in [1.29, 1.82) is 0 Å². The third-order valence-electron chi connectivity index (χ3n) is 7.24. The summed E-state index contributed by atoms with van der Waals surface area (Å²) >= 11 is 0. The highest BCUT2D eigenvalue weighted by atomic mass is 16.5. The molecule has 2 N–H and O–H groups in total. The van der Waals surface area contributed by atoms with E-state index in [0.717, 1.165) is 57.6 Å². The molecule has 8 nitrogen and oxygen atoms in total. The molecule has 2 aliphatic rings. The van der Waals surface area contributed by atoms with Crippen molar-refractivity contribution in [1.82, 2.24) is 9.80 Å². The molecule has 37 heavy (non-hydrogen) atoms. The molecule has 0 radical (unpaired) electrons. The van der Waals surface area contributed by atoms with E-state index in [0.29, 0.717) is 11.8 Å². The lowest BCUT2D eigenvalue weighted by molar-refractivity contribution is -0.159. The van der Waals surface area contributed by atoms with Crippen molar-refractivity contribution in [2.75, 3.05) is 33.3 Å². The van der Waals surface area contributed by atoms with Gasteiger partial charge in [-0.15, -0.1) is 0 Å². The van der Waals surface area contributed by atoms with Crippen molar-refractivity contribution in [3.05, 3.63) is 65.2 Å². The molecule has 1 fully saturated rings. The third-order valence-corrected chi connectivity index (χ3v) is 7.24. The molecule has 0 saturated carbocycles. The van der Waals surface area contributed by atoms with Gasteiger partial charge in [0.2, 0.25) is 5.91 Å². The first kappa shape index (κ1) is 28.2. The number of rotatable bonds is 6. The van der Waals surface area contributed by atoms with E-state index in [1.54, 1.807) is 7.11 Å². The van der Waals surface area contributed by atoms with Crippen molar-refractivity contribution in [2.45, 2.75) is 45.6 Å². The maximum atomic E-state index is 13.6. The van der Waals surface area contributed by atoms with Crippen LogP contribution in [0.25, 0.3) is 0 Å². The molecule has 1 atom stereocenters. The average molecular weight is 511 g/mol. The Balaban J connectivity index is 0.000000568. The number of ether oxygens (including phenoxy) is 1. The second-order valence-corrected chi connectivity index (χ2v) is 9.96. The highest BCUT2D eigenvalue weighted by Gasteiger charge is 2.37. The number of carbonyl (C=O) groups is 3. The summed E-state index contributed by atoms with van der Waals surface area (Å²) in [6.07, 6.45) is 3.91. The van der Waals surface area contributed by atoms with Gasteiger partial charge in [0.1, 0.15) is 5.75 Å². The van der Waals surface area contributed by atoms with Gasteiger partial charge >= 0.3 is 11.9 Å². The Kier molecular flexibility index (Phi) is 10.1. The highest BCUT2D eigenvalue weighted by Crippen LogP contribution is 2.40. The summed E-state index contributed by atoms with van der Waals surface area (Å²) in [5, 5.41) is 14.8. The number of methoxy groups -OCH3 is 1. The van der Waals surface area contributed by atoms with E-state index in [4.69, 9.17) is 24.5 Å². The van der Waals surface area contributed by atoms with Crippen LogP contribution in [-0.2, 0) is 27.2 Å². The van der Waals surface area contributed by atoms with Crippen LogP contribution in [-0.4, -0.2) is 71.1 Å². The number of carboxylic acid groups (broad SMARTS) is 2. The van der Waals surface area contributed by atoms with Gasteiger partial charge in [0.25, 0.3) is 0 Å². The quantitative estimate of drug-likeness (QED) is 0.568. The molecular formula is C29H38N2O6. The largest absolute Gasteiger partial charge is 0.496 e. The predicted octanol–water partition coefficient (Wildman–Crippen LogP) is 3.89. The minimum Gasteiger partial charge on any atom is -0.496 e. The van der Waals surface area contributed by atoms with E-state index in [1.165, 1.54) is 16.7 Å². The molecule has 0 aromatic heterocycles. The van der Waals surface area contributed by atoms with Crippen LogP contribution in [0.15, 0.2) is 48.5 Å². The first-order chi connectivity index (χ1) is 17.7. The zero-order valence-corrected chi connectivity index (χ0v) is 21.9. The molecule has 1 saturated heterocycles. The second-order valence-electron chi connectivity index (χ2n) is 9.96. The summed E-state index contributed by atoms with van der Waals surface area (Å²) in [6, 6.07) is 17.1. The Labute approximate surface area is 218 Å². The number of hydrogen-bond donors (Lipinski definition) is 2. The Morgan fingerprint density at radius 1 is 0.946 bits per heavy atom. The zero-order valence-electron chi connectivity index (χ0n) is 21.9. The molecule has 0 spiro atoms. The van der Waals surface area contributed by atoms with Crippen LogP contribution in [0.2, 0.25) is 0 Å². The van der Waals surface area contributed by atoms with E-state index in [9.17, 15) is 4.79 Å². The number of amides is 1. The third kappa shape index (κ3) is 7.32. The van der Waals surface area contributed by atoms with Crippen molar-refractivity contribution in [3.63, 3.8) is 0 Å². The maximum absolute atomic E-state index is 13.6. The normalized spacial score (nSPS) is 17.9. The fourth-order valence-electron chi connectivity index (χ4n) is 5.39. The smallest absolute Gasteiger partial charge is 0.414 e. The Bertz CT molecular complexity index is 1050. The Morgan fingerprint density at radius 3 is 2.16 bits per heavy atom. The van der Waals surface area contributed by atoms with Crippen molar-refractivity contribution < 1.29 is 29.3 Å². The van der Waals surface area contributed by atoms with Crippen molar-refractivity contribution in [2.24, 2.45) is 11.8 Å². The lowest BCUT2D eigenvalue weighted by Gasteiger charge is -2.43. The van der Waals surface area contributed by atoms with E-state index in [-0.39, 0.29) is 12.0 Å². The molecule has 1 unspecified atom stereocenters. The summed E-state index contributed by atoms with van der Waals surface area (Å²) in [5.74, 6) is -1.80. The topological polar surface area (TPSA) is 107 Å². The van der Waals surface area contributed by atoms with E-state index < -0.39 is 11.9 Å². The van der Waals surface area contributed by atoms with Crippen LogP contribution in [0.3, 0.4) is 0 Å². The van der Waals surface area contributed by atoms with E-state index in [2.05, 4.69) is 66.1 Å². The zero-order chi connectivity index (χ0) is 26.9. The first-order valence-electron chi connectivity index (χ1n) is 12.9. The molecule has 200 valence electrons. The monoisotopic (exact) mass is 510 g/mol. The lowest BCUT2D eigenvalue weighted by atomic mass is 9.84. The summed E-state index contributed by atoms with van der Waals surface area (Å²) in [6.45, 7) is 8.37. The minimum atomic E-state index is -1.82. The number of fused-ring (bicyclic) bond motifs is 1. The fraction of sp³-hybridized carbons (Fsp3) is 0.483. The molecular weight excluding hydrogens is 472 g/mol. The molecule has 8 heteroatoms. The molecule has 2 aliphatic heterocycles. The number of carboxylic acids is 2. The van der Waals surface area contributed by atoms with Gasteiger partial charge in [-0.05, 0) is 61.9 Å². The van der Waals surface area contributed by atoms with Gasteiger partial charge in [0.05, 0.1) is 13.2 Å². The molecule has 0 bridgehead atoms. The fourth-order valence-corrected chi connectivity index (χ4v) is 5.39. The molecule has 2 aromatic rings. The number of piperidine rings is 1. The van der Waals surface area contributed by atoms with Crippen LogP contribution in [0.1, 0.15) is 49.4 Å². The molecule has 1 amide bonds. The summed E-state index contributed by atoms with van der Waals surface area (Å²) in [7, 11) is 1.74. The second kappa shape index (κ2) is 13.2. The van der Waals surface area contributed by atoms with Crippen LogP contribution >= 0.6 is 0 Å². The molecule has 2 heterocycles. The SMILES string of the molecule is COc1cccc2c1CCN(C(=O)C1CCN(CCc3ccccc3)CC1)C2C(C)C.O=C(O)C(=O)O. The van der Waals surface area contributed by atoms with Crippen molar-refractivity contribution >= 4 is 17.8 Å². The van der Waals surface area contributed by atoms with Gasteiger partial charge in [-0.1, -0.05) is 56.3 Å². The van der Waals surface area contributed by atoms with Crippen LogP contribution in [0.4, 0.5) is 0 Å². The van der Waals surface area contributed by atoms with Gasteiger partial charge in [0, 0.05) is 24.6 Å². The summed E-state index contributed by atoms with van der Waals surface area (Å²) < 4.78 is 5.61. The molecule has 2 aromatic carbocycles. The molecule has 0 aliphatic carbocycles.